The van der Waals surface area contributed by atoms with E-state index in [1.807, 2.05) is 26.0 Å². The van der Waals surface area contributed by atoms with Gasteiger partial charge in [-0.3, -0.25) is 5.32 Å². The van der Waals surface area contributed by atoms with Gasteiger partial charge in [0.25, 0.3) is 0 Å². The molecule has 0 spiro atoms. The first-order valence-electron chi connectivity index (χ1n) is 6.46. The average molecular weight is 274 g/mol. The molecule has 1 N–H and O–H groups in total. The van der Waals surface area contributed by atoms with Gasteiger partial charge in [-0.25, -0.2) is 9.37 Å². The molecule has 0 unspecified atom stereocenters. The van der Waals surface area contributed by atoms with Gasteiger partial charge in [-0.05, 0) is 38.1 Å². The number of hydrogen-bond donors (Lipinski definition) is 1. The maximum atomic E-state index is 13.1. The van der Waals surface area contributed by atoms with Crippen LogP contribution in [0.5, 0.6) is 0 Å². The number of nitrogens with one attached hydrogen (secondary N) is 1. The SMILES string of the molecule is Cc1ccc([C@@H](C)NCc2nc3cc(F)ccc3o2)o1. The maximum absolute atomic E-state index is 13.1. The number of rotatable bonds is 4. The monoisotopic (exact) mass is 274 g/mol. The Hall–Kier alpha value is -2.14. The molecular formula is C15H15FN2O2. The molecule has 0 fully saturated rings. The van der Waals surface area contributed by atoms with Crippen molar-refractivity contribution in [1.82, 2.24) is 10.3 Å². The second-order valence-electron chi connectivity index (χ2n) is 4.77. The molecule has 0 radical (unpaired) electrons. The first-order valence-corrected chi connectivity index (χ1v) is 6.46. The Labute approximate surface area is 115 Å². The van der Waals surface area contributed by atoms with E-state index in [9.17, 15) is 4.39 Å². The molecule has 0 aliphatic carbocycles. The molecule has 1 atom stereocenters. The van der Waals surface area contributed by atoms with E-state index in [-0.39, 0.29) is 11.9 Å². The number of hydrogen-bond acceptors (Lipinski definition) is 4. The Balaban J connectivity index is 1.70. The van der Waals surface area contributed by atoms with Gasteiger partial charge in [0.05, 0.1) is 12.6 Å². The van der Waals surface area contributed by atoms with E-state index < -0.39 is 0 Å². The van der Waals surface area contributed by atoms with Crippen LogP contribution in [0.4, 0.5) is 4.39 Å². The van der Waals surface area contributed by atoms with E-state index in [0.717, 1.165) is 11.5 Å². The van der Waals surface area contributed by atoms with Crippen LogP contribution in [0.2, 0.25) is 0 Å². The second kappa shape index (κ2) is 5.09. The summed E-state index contributed by atoms with van der Waals surface area (Å²) in [5.41, 5.74) is 1.12. The summed E-state index contributed by atoms with van der Waals surface area (Å²) in [7, 11) is 0. The molecule has 104 valence electrons. The van der Waals surface area contributed by atoms with Gasteiger partial charge >= 0.3 is 0 Å². The van der Waals surface area contributed by atoms with Crippen LogP contribution in [-0.4, -0.2) is 4.98 Å². The number of nitrogens with zero attached hydrogens (tertiary/aromatic N) is 1. The molecule has 0 aliphatic rings. The molecule has 5 heteroatoms. The standard InChI is InChI=1S/C15H15FN2O2/c1-9-3-5-13(19-9)10(2)17-8-15-18-12-7-11(16)4-6-14(12)20-15/h3-7,10,17H,8H2,1-2H3/t10-/m1/s1. The minimum absolute atomic E-state index is 0.0513. The van der Waals surface area contributed by atoms with Crippen LogP contribution in [0.1, 0.15) is 30.4 Å². The van der Waals surface area contributed by atoms with Gasteiger partial charge in [-0.15, -0.1) is 0 Å². The van der Waals surface area contributed by atoms with Gasteiger partial charge in [0.1, 0.15) is 22.9 Å². The number of aromatic nitrogens is 1. The van der Waals surface area contributed by atoms with E-state index >= 15 is 0 Å². The predicted molar refractivity (Wildman–Crippen MR) is 72.7 cm³/mol. The molecule has 20 heavy (non-hydrogen) atoms. The first-order chi connectivity index (χ1) is 9.61. The highest BCUT2D eigenvalue weighted by Crippen LogP contribution is 2.19. The fourth-order valence-electron chi connectivity index (χ4n) is 2.05. The number of aryl methyl sites for hydroxylation is 1. The quantitative estimate of drug-likeness (QED) is 0.787. The lowest BCUT2D eigenvalue weighted by Crippen LogP contribution is -2.17. The molecule has 1 aromatic carbocycles. The van der Waals surface area contributed by atoms with Crippen molar-refractivity contribution >= 4 is 11.1 Å². The number of halogens is 1. The van der Waals surface area contributed by atoms with Gasteiger partial charge in [0.15, 0.2) is 5.58 Å². The normalized spacial score (nSPS) is 12.9. The molecule has 0 saturated heterocycles. The Morgan fingerprint density at radius 3 is 2.85 bits per heavy atom. The van der Waals surface area contributed by atoms with Crippen LogP contribution in [0, 0.1) is 12.7 Å². The lowest BCUT2D eigenvalue weighted by Gasteiger charge is -2.08. The minimum Gasteiger partial charge on any atom is -0.465 e. The van der Waals surface area contributed by atoms with Gasteiger partial charge in [-0.2, -0.15) is 0 Å². The fourth-order valence-corrected chi connectivity index (χ4v) is 2.05. The number of benzene rings is 1. The number of fused-ring (bicyclic) bond motifs is 1. The van der Waals surface area contributed by atoms with Crippen molar-refractivity contribution in [1.29, 1.82) is 0 Å². The highest BCUT2D eigenvalue weighted by molar-refractivity contribution is 5.72. The fraction of sp³-hybridized carbons (Fsp3) is 0.267. The van der Waals surface area contributed by atoms with Crippen LogP contribution >= 0.6 is 0 Å². The summed E-state index contributed by atoms with van der Waals surface area (Å²) < 4.78 is 24.2. The van der Waals surface area contributed by atoms with E-state index in [1.165, 1.54) is 12.1 Å². The summed E-state index contributed by atoms with van der Waals surface area (Å²) in [6.07, 6.45) is 0. The summed E-state index contributed by atoms with van der Waals surface area (Å²) >= 11 is 0. The van der Waals surface area contributed by atoms with Crippen molar-refractivity contribution < 1.29 is 13.2 Å². The smallest absolute Gasteiger partial charge is 0.209 e. The zero-order valence-corrected chi connectivity index (χ0v) is 11.3. The topological polar surface area (TPSA) is 51.2 Å². The van der Waals surface area contributed by atoms with Gasteiger partial charge < -0.3 is 8.83 Å². The lowest BCUT2D eigenvalue weighted by molar-refractivity contribution is 0.397. The summed E-state index contributed by atoms with van der Waals surface area (Å²) in [5, 5.41) is 3.26. The van der Waals surface area contributed by atoms with Crippen LogP contribution < -0.4 is 5.32 Å². The first kappa shape index (κ1) is 12.9. The molecule has 0 bridgehead atoms. The van der Waals surface area contributed by atoms with E-state index in [4.69, 9.17) is 8.83 Å². The predicted octanol–water partition coefficient (Wildman–Crippen LogP) is 3.72. The molecule has 3 rings (SSSR count). The second-order valence-corrected chi connectivity index (χ2v) is 4.77. The summed E-state index contributed by atoms with van der Waals surface area (Å²) in [4.78, 5) is 4.24. The Morgan fingerprint density at radius 2 is 2.10 bits per heavy atom. The Bertz CT molecular complexity index is 732. The van der Waals surface area contributed by atoms with Crippen molar-refractivity contribution in [2.45, 2.75) is 26.4 Å². The largest absolute Gasteiger partial charge is 0.465 e. The van der Waals surface area contributed by atoms with E-state index in [1.54, 1.807) is 6.07 Å². The van der Waals surface area contributed by atoms with Crippen molar-refractivity contribution in [3.8, 4) is 0 Å². The van der Waals surface area contributed by atoms with Crippen LogP contribution in [0.3, 0.4) is 0 Å². The zero-order chi connectivity index (χ0) is 14.1. The molecule has 3 aromatic rings. The minimum atomic E-state index is -0.315. The van der Waals surface area contributed by atoms with Crippen LogP contribution in [-0.2, 0) is 6.54 Å². The molecule has 0 saturated carbocycles. The number of oxazole rings is 1. The third-order valence-corrected chi connectivity index (χ3v) is 3.14. The van der Waals surface area contributed by atoms with Crippen LogP contribution in [0.15, 0.2) is 39.2 Å². The lowest BCUT2D eigenvalue weighted by atomic mass is 10.2. The van der Waals surface area contributed by atoms with E-state index in [0.29, 0.717) is 23.5 Å². The third kappa shape index (κ3) is 2.58. The van der Waals surface area contributed by atoms with E-state index in [2.05, 4.69) is 10.3 Å². The van der Waals surface area contributed by atoms with Gasteiger partial charge in [-0.1, -0.05) is 0 Å². The third-order valence-electron chi connectivity index (χ3n) is 3.14. The average Bonchev–Trinajstić information content (AvgIpc) is 3.01. The number of furan rings is 1. The van der Waals surface area contributed by atoms with Crippen molar-refractivity contribution in [3.63, 3.8) is 0 Å². The highest BCUT2D eigenvalue weighted by atomic mass is 19.1. The molecule has 0 aliphatic heterocycles. The zero-order valence-electron chi connectivity index (χ0n) is 11.3. The Kier molecular flexibility index (Phi) is 3.28. The molecule has 2 heterocycles. The molecule has 0 amide bonds. The maximum Gasteiger partial charge on any atom is 0.209 e. The molecular weight excluding hydrogens is 259 g/mol. The summed E-state index contributed by atoms with van der Waals surface area (Å²) in [5.74, 6) is 1.96. The molecule has 4 nitrogen and oxygen atoms in total. The Morgan fingerprint density at radius 1 is 1.25 bits per heavy atom. The van der Waals surface area contributed by atoms with Crippen molar-refractivity contribution in [3.05, 3.63) is 53.6 Å². The summed E-state index contributed by atoms with van der Waals surface area (Å²) in [6.45, 7) is 4.36. The van der Waals surface area contributed by atoms with Crippen LogP contribution in [0.25, 0.3) is 11.1 Å². The highest BCUT2D eigenvalue weighted by Gasteiger charge is 2.11. The van der Waals surface area contributed by atoms with Crippen molar-refractivity contribution in [2.24, 2.45) is 0 Å². The van der Waals surface area contributed by atoms with Crippen molar-refractivity contribution in [2.75, 3.05) is 0 Å². The summed E-state index contributed by atoms with van der Waals surface area (Å²) in [6, 6.07) is 8.22. The van der Waals surface area contributed by atoms with Gasteiger partial charge in [0.2, 0.25) is 5.89 Å². The van der Waals surface area contributed by atoms with Gasteiger partial charge in [0, 0.05) is 6.07 Å². The molecule has 2 aromatic heterocycles.